The molecule has 1 fully saturated rings. The molecular formula is C45H86N2O6. The van der Waals surface area contributed by atoms with Crippen LogP contribution in [0.1, 0.15) is 168 Å². The Kier molecular flexibility index (Phi) is 44.8. The summed E-state index contributed by atoms with van der Waals surface area (Å²) < 4.78 is 10.3. The molecule has 1 aliphatic rings. The first kappa shape index (κ1) is 53.3. The van der Waals surface area contributed by atoms with Crippen molar-refractivity contribution in [1.82, 2.24) is 9.80 Å². The summed E-state index contributed by atoms with van der Waals surface area (Å²) in [5.74, 6) is -0.0499. The number of methoxy groups -OCH3 is 1. The van der Waals surface area contributed by atoms with Gasteiger partial charge in [-0.1, -0.05) is 141 Å². The Bertz CT molecular complexity index is 826. The van der Waals surface area contributed by atoms with Crippen molar-refractivity contribution in [3.8, 4) is 0 Å². The highest BCUT2D eigenvalue weighted by Gasteiger charge is 2.28. The average molecular weight is 751 g/mol. The summed E-state index contributed by atoms with van der Waals surface area (Å²) in [7, 11) is 3.71. The van der Waals surface area contributed by atoms with E-state index in [2.05, 4.69) is 49.6 Å². The maximum Gasteiger partial charge on any atom is 0.305 e. The van der Waals surface area contributed by atoms with Gasteiger partial charge in [-0.3, -0.25) is 9.69 Å². The Morgan fingerprint density at radius 3 is 1.66 bits per heavy atom. The summed E-state index contributed by atoms with van der Waals surface area (Å²) >= 11 is 0. The molecule has 1 aliphatic heterocycles. The lowest BCUT2D eigenvalue weighted by Gasteiger charge is -2.15. The minimum atomic E-state index is -0.681. The van der Waals surface area contributed by atoms with Crippen LogP contribution in [0.2, 0.25) is 0 Å². The molecule has 0 amide bonds. The molecule has 312 valence electrons. The number of carbonyl (C=O) groups is 2. The van der Waals surface area contributed by atoms with E-state index < -0.39 is 12.2 Å². The van der Waals surface area contributed by atoms with Crippen LogP contribution >= 0.6 is 0 Å². The first-order valence-corrected chi connectivity index (χ1v) is 21.6. The van der Waals surface area contributed by atoms with Gasteiger partial charge < -0.3 is 29.4 Å². The van der Waals surface area contributed by atoms with Gasteiger partial charge in [0.05, 0.1) is 25.4 Å². The summed E-state index contributed by atoms with van der Waals surface area (Å²) in [6, 6.07) is 0. The number of likely N-dealkylation sites (N-methyl/N-ethyl adjacent to an activating group) is 1. The SMILES string of the molecule is C=CCCCCCCC/C=C\C/C=C\CCCCC.CCCCCCCCCCCCCC(=O)OCCN(C)CCOC.O=CCN1CC(O)C(O)C1. The summed E-state index contributed by atoms with van der Waals surface area (Å²) in [6.45, 7) is 12.2. The fraction of sp³-hybridized carbons (Fsp3) is 0.822. The summed E-state index contributed by atoms with van der Waals surface area (Å²) in [6.07, 6.45) is 41.3. The van der Waals surface area contributed by atoms with E-state index in [1.165, 1.54) is 128 Å². The fourth-order valence-corrected chi connectivity index (χ4v) is 5.88. The van der Waals surface area contributed by atoms with Crippen molar-refractivity contribution in [1.29, 1.82) is 0 Å². The standard InChI is InChI=1S/C20H41NO3.C19H34.C6H11NO3/c1-4-5-6-7-8-9-10-11-12-13-14-15-20(22)24-19-17-21(2)16-18-23-3;1-3-5-7-9-11-13-15-17-19-18-16-14-12-10-8-6-4-2;8-2-1-7-3-5(9)6(10)4-7/h4-19H2,1-3H3;3,12,14,18-19H,1,4-11,13,15-17H2,2H3;2,5-6,9-10H,1,3-4H2/b;14-12-,19-18-;. The van der Waals surface area contributed by atoms with Crippen LogP contribution in [0.4, 0.5) is 0 Å². The molecule has 0 aromatic heterocycles. The Hall–Kier alpha value is -1.84. The van der Waals surface area contributed by atoms with Crippen molar-refractivity contribution in [3.63, 3.8) is 0 Å². The lowest BCUT2D eigenvalue weighted by Crippen LogP contribution is -2.27. The van der Waals surface area contributed by atoms with Crippen LogP contribution in [-0.4, -0.2) is 105 Å². The van der Waals surface area contributed by atoms with Crippen LogP contribution in [0.5, 0.6) is 0 Å². The monoisotopic (exact) mass is 751 g/mol. The summed E-state index contributed by atoms with van der Waals surface area (Å²) in [5.41, 5.74) is 0. The number of ether oxygens (including phenoxy) is 2. The van der Waals surface area contributed by atoms with Crippen molar-refractivity contribution in [2.75, 3.05) is 60.1 Å². The smallest absolute Gasteiger partial charge is 0.305 e. The summed E-state index contributed by atoms with van der Waals surface area (Å²) in [4.78, 5) is 25.4. The number of hydrogen-bond acceptors (Lipinski definition) is 8. The number of rotatable bonds is 34. The maximum absolute atomic E-state index is 11.6. The number of unbranched alkanes of at least 4 members (excludes halogenated alkanes) is 19. The van der Waals surface area contributed by atoms with E-state index in [-0.39, 0.29) is 5.97 Å². The summed E-state index contributed by atoms with van der Waals surface area (Å²) in [5, 5.41) is 18.0. The molecule has 0 bridgehead atoms. The van der Waals surface area contributed by atoms with Crippen LogP contribution in [0.3, 0.4) is 0 Å². The normalized spacial score (nSPS) is 15.8. The van der Waals surface area contributed by atoms with Gasteiger partial charge in [0, 0.05) is 39.7 Å². The zero-order valence-electron chi connectivity index (χ0n) is 35.2. The van der Waals surface area contributed by atoms with Crippen molar-refractivity contribution in [3.05, 3.63) is 37.0 Å². The molecule has 53 heavy (non-hydrogen) atoms. The lowest BCUT2D eigenvalue weighted by molar-refractivity contribution is -0.144. The zero-order chi connectivity index (χ0) is 39.5. The molecule has 2 unspecified atom stereocenters. The molecular weight excluding hydrogens is 665 g/mol. The van der Waals surface area contributed by atoms with E-state index in [4.69, 9.17) is 19.7 Å². The first-order chi connectivity index (χ1) is 25.9. The molecule has 0 aromatic carbocycles. The minimum Gasteiger partial charge on any atom is -0.464 e. The van der Waals surface area contributed by atoms with E-state index >= 15 is 0 Å². The molecule has 8 heteroatoms. The third-order valence-corrected chi connectivity index (χ3v) is 9.42. The third kappa shape index (κ3) is 42.8. The van der Waals surface area contributed by atoms with E-state index in [9.17, 15) is 9.59 Å². The molecule has 2 N–H and O–H groups in total. The number of aliphatic hydroxyl groups excluding tert-OH is 2. The number of esters is 1. The van der Waals surface area contributed by atoms with Crippen LogP contribution in [0.15, 0.2) is 37.0 Å². The number of nitrogens with zero attached hydrogens (tertiary/aromatic N) is 2. The van der Waals surface area contributed by atoms with Gasteiger partial charge in [0.15, 0.2) is 0 Å². The Morgan fingerprint density at radius 1 is 0.698 bits per heavy atom. The van der Waals surface area contributed by atoms with Gasteiger partial charge in [0.25, 0.3) is 0 Å². The average Bonchev–Trinajstić information content (AvgIpc) is 3.47. The van der Waals surface area contributed by atoms with Crippen molar-refractivity contribution in [2.24, 2.45) is 0 Å². The second-order valence-corrected chi connectivity index (χ2v) is 14.6. The molecule has 0 aromatic rings. The highest BCUT2D eigenvalue weighted by atomic mass is 16.5. The van der Waals surface area contributed by atoms with Crippen molar-refractivity contribution < 1.29 is 29.3 Å². The van der Waals surface area contributed by atoms with Crippen LogP contribution in [0.25, 0.3) is 0 Å². The third-order valence-electron chi connectivity index (χ3n) is 9.42. The predicted octanol–water partition coefficient (Wildman–Crippen LogP) is 10.0. The number of aldehydes is 1. The molecule has 1 saturated heterocycles. The molecule has 1 heterocycles. The first-order valence-electron chi connectivity index (χ1n) is 21.6. The van der Waals surface area contributed by atoms with Gasteiger partial charge in [0.1, 0.15) is 12.9 Å². The molecule has 1 rings (SSSR count). The van der Waals surface area contributed by atoms with E-state index in [1.807, 2.05) is 13.1 Å². The molecule has 0 spiro atoms. The van der Waals surface area contributed by atoms with Crippen LogP contribution < -0.4 is 0 Å². The largest absolute Gasteiger partial charge is 0.464 e. The minimum absolute atomic E-state index is 0.0499. The van der Waals surface area contributed by atoms with Gasteiger partial charge in [0.2, 0.25) is 0 Å². The second kappa shape index (κ2) is 44.6. The number of likely N-dealkylation sites (tertiary alicyclic amines) is 1. The Balaban J connectivity index is 0. The van der Waals surface area contributed by atoms with Gasteiger partial charge in [-0.2, -0.15) is 0 Å². The number of carbonyl (C=O) groups excluding carboxylic acids is 2. The number of hydrogen-bond donors (Lipinski definition) is 2. The van der Waals surface area contributed by atoms with Crippen molar-refractivity contribution in [2.45, 2.75) is 180 Å². The molecule has 0 radical (unpaired) electrons. The Labute approximate surface area is 327 Å². The number of allylic oxidation sites excluding steroid dienone is 5. The highest BCUT2D eigenvalue weighted by molar-refractivity contribution is 5.69. The van der Waals surface area contributed by atoms with Crippen LogP contribution in [-0.2, 0) is 19.1 Å². The molecule has 0 saturated carbocycles. The molecule has 8 nitrogen and oxygen atoms in total. The molecule has 0 aliphatic carbocycles. The zero-order valence-corrected chi connectivity index (χ0v) is 35.2. The Morgan fingerprint density at radius 2 is 1.15 bits per heavy atom. The van der Waals surface area contributed by atoms with Crippen molar-refractivity contribution >= 4 is 12.3 Å². The number of β-amino-alcohol motifs (C(OH)–C–C–N with tert-alkyl or cyclic N) is 2. The van der Waals surface area contributed by atoms with E-state index in [0.717, 1.165) is 38.6 Å². The number of aliphatic hydroxyl groups is 2. The lowest BCUT2D eigenvalue weighted by atomic mass is 10.1. The van der Waals surface area contributed by atoms with Gasteiger partial charge in [-0.25, -0.2) is 0 Å². The predicted molar refractivity (Wildman–Crippen MR) is 225 cm³/mol. The highest BCUT2D eigenvalue weighted by Crippen LogP contribution is 2.12. The van der Waals surface area contributed by atoms with E-state index in [1.54, 1.807) is 12.0 Å². The molecule has 2 atom stereocenters. The second-order valence-electron chi connectivity index (χ2n) is 14.6. The fourth-order valence-electron chi connectivity index (χ4n) is 5.88. The van der Waals surface area contributed by atoms with Gasteiger partial charge in [-0.05, 0) is 58.4 Å². The van der Waals surface area contributed by atoms with Gasteiger partial charge in [-0.15, -0.1) is 6.58 Å². The van der Waals surface area contributed by atoms with Crippen LogP contribution in [0, 0.1) is 0 Å². The van der Waals surface area contributed by atoms with E-state index in [0.29, 0.717) is 39.3 Å². The van der Waals surface area contributed by atoms with Gasteiger partial charge >= 0.3 is 5.97 Å². The topological polar surface area (TPSA) is 99.5 Å². The quantitative estimate of drug-likeness (QED) is 0.0290. The maximum atomic E-state index is 11.6.